The van der Waals surface area contributed by atoms with E-state index in [1.807, 2.05) is 27.0 Å². The highest BCUT2D eigenvalue weighted by Gasteiger charge is 2.22. The van der Waals surface area contributed by atoms with Gasteiger partial charge in [0.25, 0.3) is 5.91 Å². The molecule has 1 aromatic carbocycles. The molecule has 1 amide bonds. The zero-order chi connectivity index (χ0) is 15.3. The minimum atomic E-state index is -0.627. The number of rotatable bonds is 5. The van der Waals surface area contributed by atoms with Crippen LogP contribution in [0.15, 0.2) is 18.2 Å². The van der Waals surface area contributed by atoms with Crippen molar-refractivity contribution in [3.05, 3.63) is 35.1 Å². The van der Waals surface area contributed by atoms with E-state index in [-0.39, 0.29) is 23.7 Å². The highest BCUT2D eigenvalue weighted by atomic mass is 32.2. The molecule has 20 heavy (non-hydrogen) atoms. The zero-order valence-electron chi connectivity index (χ0n) is 12.4. The Morgan fingerprint density at radius 2 is 2.10 bits per heavy atom. The maximum atomic E-state index is 13.5. The van der Waals surface area contributed by atoms with Gasteiger partial charge in [-0.2, -0.15) is 11.8 Å². The second-order valence-corrected chi connectivity index (χ2v) is 6.70. The summed E-state index contributed by atoms with van der Waals surface area (Å²) in [6.07, 6.45) is 1.25. The minimum Gasteiger partial charge on any atom is -0.391 e. The van der Waals surface area contributed by atoms with Gasteiger partial charge in [0.05, 0.1) is 6.10 Å². The maximum Gasteiger partial charge on any atom is 0.251 e. The van der Waals surface area contributed by atoms with Crippen molar-refractivity contribution in [1.29, 1.82) is 0 Å². The summed E-state index contributed by atoms with van der Waals surface area (Å²) in [5, 5.41) is 12.6. The third-order valence-electron chi connectivity index (χ3n) is 3.06. The average molecular weight is 299 g/mol. The summed E-state index contributed by atoms with van der Waals surface area (Å²) in [5.74, 6) is -0.0707. The number of aliphatic hydroxyl groups excluding tert-OH is 1. The SMILES string of the molecule is CSCc1cc(C(=O)NCC(O)C(C)(C)C)ccc1F. The van der Waals surface area contributed by atoms with Crippen LogP contribution in [-0.4, -0.2) is 29.9 Å². The first-order valence-electron chi connectivity index (χ1n) is 6.49. The molecule has 0 aromatic heterocycles. The van der Waals surface area contributed by atoms with Crippen molar-refractivity contribution >= 4 is 17.7 Å². The lowest BCUT2D eigenvalue weighted by molar-refractivity contribution is 0.0587. The van der Waals surface area contributed by atoms with Gasteiger partial charge in [-0.1, -0.05) is 20.8 Å². The van der Waals surface area contributed by atoms with Gasteiger partial charge in [0, 0.05) is 17.9 Å². The van der Waals surface area contributed by atoms with Gasteiger partial charge in [0.15, 0.2) is 0 Å². The Morgan fingerprint density at radius 3 is 2.65 bits per heavy atom. The predicted octanol–water partition coefficient (Wildman–Crippen LogP) is 2.83. The zero-order valence-corrected chi connectivity index (χ0v) is 13.2. The van der Waals surface area contributed by atoms with Crippen LogP contribution in [0.25, 0.3) is 0 Å². The summed E-state index contributed by atoms with van der Waals surface area (Å²) >= 11 is 1.50. The van der Waals surface area contributed by atoms with Crippen molar-refractivity contribution < 1.29 is 14.3 Å². The fourth-order valence-corrected chi connectivity index (χ4v) is 2.11. The number of nitrogens with one attached hydrogen (secondary N) is 1. The van der Waals surface area contributed by atoms with Crippen molar-refractivity contribution in [2.75, 3.05) is 12.8 Å². The topological polar surface area (TPSA) is 49.3 Å². The third kappa shape index (κ3) is 4.80. The molecule has 1 rings (SSSR count). The van der Waals surface area contributed by atoms with E-state index in [9.17, 15) is 14.3 Å². The summed E-state index contributed by atoms with van der Waals surface area (Å²) in [5.41, 5.74) is 0.637. The third-order valence-corrected chi connectivity index (χ3v) is 3.66. The van der Waals surface area contributed by atoms with Crippen LogP contribution in [0, 0.1) is 11.2 Å². The first kappa shape index (κ1) is 17.0. The summed E-state index contributed by atoms with van der Waals surface area (Å²) in [4.78, 5) is 12.0. The van der Waals surface area contributed by atoms with E-state index >= 15 is 0 Å². The predicted molar refractivity (Wildman–Crippen MR) is 81.4 cm³/mol. The molecule has 0 aliphatic heterocycles. The van der Waals surface area contributed by atoms with Gasteiger partial charge in [-0.15, -0.1) is 0 Å². The molecule has 112 valence electrons. The number of amides is 1. The molecule has 0 aliphatic carbocycles. The van der Waals surface area contributed by atoms with E-state index in [2.05, 4.69) is 5.32 Å². The quantitative estimate of drug-likeness (QED) is 0.879. The molecule has 0 fully saturated rings. The Labute approximate surface area is 124 Å². The first-order valence-corrected chi connectivity index (χ1v) is 7.88. The van der Waals surface area contributed by atoms with Crippen molar-refractivity contribution in [3.8, 4) is 0 Å². The van der Waals surface area contributed by atoms with E-state index in [1.165, 1.54) is 23.9 Å². The van der Waals surface area contributed by atoms with Gasteiger partial charge in [-0.25, -0.2) is 4.39 Å². The monoisotopic (exact) mass is 299 g/mol. The van der Waals surface area contributed by atoms with E-state index in [0.717, 1.165) is 0 Å². The molecule has 0 saturated carbocycles. The van der Waals surface area contributed by atoms with Crippen LogP contribution in [0.1, 0.15) is 36.7 Å². The van der Waals surface area contributed by atoms with Gasteiger partial charge < -0.3 is 10.4 Å². The lowest BCUT2D eigenvalue weighted by Gasteiger charge is -2.25. The molecule has 0 saturated heterocycles. The number of halogens is 1. The van der Waals surface area contributed by atoms with Gasteiger partial charge in [0.1, 0.15) is 5.82 Å². The minimum absolute atomic E-state index is 0.178. The van der Waals surface area contributed by atoms with Crippen LogP contribution in [0.4, 0.5) is 4.39 Å². The second kappa shape index (κ2) is 7.09. The molecule has 0 heterocycles. The maximum absolute atomic E-state index is 13.5. The number of carbonyl (C=O) groups excluding carboxylic acids is 1. The van der Waals surface area contributed by atoms with Crippen molar-refractivity contribution in [3.63, 3.8) is 0 Å². The summed E-state index contributed by atoms with van der Waals surface area (Å²) in [6, 6.07) is 4.32. The van der Waals surface area contributed by atoms with Crippen LogP contribution in [-0.2, 0) is 5.75 Å². The van der Waals surface area contributed by atoms with Crippen LogP contribution in [0.3, 0.4) is 0 Å². The van der Waals surface area contributed by atoms with Gasteiger partial charge >= 0.3 is 0 Å². The Hall–Kier alpha value is -1.07. The smallest absolute Gasteiger partial charge is 0.251 e. The molecule has 0 aliphatic rings. The molecule has 1 aromatic rings. The molecule has 3 nitrogen and oxygen atoms in total. The Kier molecular flexibility index (Phi) is 6.02. The fraction of sp³-hybridized carbons (Fsp3) is 0.533. The van der Waals surface area contributed by atoms with Crippen molar-refractivity contribution in [2.45, 2.75) is 32.6 Å². The lowest BCUT2D eigenvalue weighted by Crippen LogP contribution is -2.39. The van der Waals surface area contributed by atoms with Crippen LogP contribution < -0.4 is 5.32 Å². The summed E-state index contributed by atoms with van der Waals surface area (Å²) < 4.78 is 13.5. The van der Waals surface area contributed by atoms with E-state index in [0.29, 0.717) is 16.9 Å². The lowest BCUT2D eigenvalue weighted by atomic mass is 9.89. The number of benzene rings is 1. The van der Waals surface area contributed by atoms with Crippen LogP contribution in [0.2, 0.25) is 0 Å². The highest BCUT2D eigenvalue weighted by Crippen LogP contribution is 2.19. The average Bonchev–Trinajstić information content (AvgIpc) is 2.37. The number of aliphatic hydroxyl groups is 1. The number of hydrogen-bond acceptors (Lipinski definition) is 3. The standard InChI is InChI=1S/C15H22FNO2S/c1-15(2,3)13(18)8-17-14(19)10-5-6-12(16)11(7-10)9-20-4/h5-7,13,18H,8-9H2,1-4H3,(H,17,19). The Bertz CT molecular complexity index is 471. The van der Waals surface area contributed by atoms with E-state index < -0.39 is 6.10 Å². The van der Waals surface area contributed by atoms with Crippen molar-refractivity contribution in [2.24, 2.45) is 5.41 Å². The van der Waals surface area contributed by atoms with E-state index in [1.54, 1.807) is 6.07 Å². The first-order chi connectivity index (χ1) is 9.25. The molecule has 1 unspecified atom stereocenters. The van der Waals surface area contributed by atoms with Gasteiger partial charge in [-0.05, 0) is 35.4 Å². The molecule has 5 heteroatoms. The molecule has 0 spiro atoms. The van der Waals surface area contributed by atoms with E-state index in [4.69, 9.17) is 0 Å². The Balaban J connectivity index is 2.71. The van der Waals surface area contributed by atoms with Gasteiger partial charge in [0.2, 0.25) is 0 Å². The molecule has 0 bridgehead atoms. The molecule has 2 N–H and O–H groups in total. The molecule has 0 radical (unpaired) electrons. The highest BCUT2D eigenvalue weighted by molar-refractivity contribution is 7.97. The largest absolute Gasteiger partial charge is 0.391 e. The van der Waals surface area contributed by atoms with Crippen molar-refractivity contribution in [1.82, 2.24) is 5.32 Å². The summed E-state index contributed by atoms with van der Waals surface area (Å²) in [7, 11) is 0. The van der Waals surface area contributed by atoms with Crippen LogP contribution >= 0.6 is 11.8 Å². The fourth-order valence-electron chi connectivity index (χ4n) is 1.58. The number of hydrogen-bond donors (Lipinski definition) is 2. The molecular weight excluding hydrogens is 277 g/mol. The second-order valence-electron chi connectivity index (χ2n) is 5.83. The molecular formula is C15H22FNO2S. The number of thioether (sulfide) groups is 1. The Morgan fingerprint density at radius 1 is 1.45 bits per heavy atom. The molecule has 1 atom stereocenters. The number of carbonyl (C=O) groups is 1. The van der Waals surface area contributed by atoms with Gasteiger partial charge in [-0.3, -0.25) is 4.79 Å². The normalized spacial score (nSPS) is 13.1. The summed E-state index contributed by atoms with van der Waals surface area (Å²) in [6.45, 7) is 5.88. The van der Waals surface area contributed by atoms with Crippen LogP contribution in [0.5, 0.6) is 0 Å².